The largest absolute Gasteiger partial charge is 0.375 e. The Morgan fingerprint density at radius 2 is 1.67 bits per heavy atom. The standard InChI is InChI=1S/C19H14N4O3S/c20-19-22-15(10-27-19)11-5-7-12(8-6-11)21-16(24)9-23-17(25)13-3-1-2-4-14(13)18(23)26/h1-8,10H,9H2,(H2,20,22)(H,21,24). The molecule has 7 nitrogen and oxygen atoms in total. The third-order valence-electron chi connectivity index (χ3n) is 4.17. The number of aromatic nitrogens is 1. The number of carbonyl (C=O) groups is 3. The van der Waals surface area contributed by atoms with Crippen molar-refractivity contribution in [3.05, 3.63) is 65.0 Å². The van der Waals surface area contributed by atoms with E-state index in [0.717, 1.165) is 16.2 Å². The maximum Gasteiger partial charge on any atom is 0.262 e. The quantitative estimate of drug-likeness (QED) is 0.679. The fraction of sp³-hybridized carbons (Fsp3) is 0.0526. The number of thiazole rings is 1. The smallest absolute Gasteiger partial charge is 0.262 e. The lowest BCUT2D eigenvalue weighted by atomic mass is 10.1. The van der Waals surface area contributed by atoms with E-state index in [1.54, 1.807) is 36.4 Å². The van der Waals surface area contributed by atoms with E-state index in [-0.39, 0.29) is 6.54 Å². The van der Waals surface area contributed by atoms with Gasteiger partial charge in [-0.05, 0) is 24.3 Å². The summed E-state index contributed by atoms with van der Waals surface area (Å²) in [6, 6.07) is 13.6. The number of amides is 3. The van der Waals surface area contributed by atoms with E-state index in [0.29, 0.717) is 21.9 Å². The fourth-order valence-electron chi connectivity index (χ4n) is 2.87. The second kappa shape index (κ2) is 6.65. The van der Waals surface area contributed by atoms with E-state index in [4.69, 9.17) is 5.73 Å². The van der Waals surface area contributed by atoms with Gasteiger partial charge in [0.05, 0.1) is 16.8 Å². The highest BCUT2D eigenvalue weighted by Crippen LogP contribution is 2.25. The molecule has 2 heterocycles. The van der Waals surface area contributed by atoms with Gasteiger partial charge in [-0.25, -0.2) is 4.98 Å². The first-order chi connectivity index (χ1) is 13.0. The summed E-state index contributed by atoms with van der Waals surface area (Å²) in [6.07, 6.45) is 0. The number of hydrogen-bond donors (Lipinski definition) is 2. The minimum absolute atomic E-state index is 0.321. The molecule has 0 saturated carbocycles. The van der Waals surface area contributed by atoms with Crippen LogP contribution in [0.15, 0.2) is 53.9 Å². The molecule has 2 aromatic carbocycles. The molecule has 0 radical (unpaired) electrons. The van der Waals surface area contributed by atoms with E-state index < -0.39 is 17.7 Å². The van der Waals surface area contributed by atoms with Crippen LogP contribution in [0.4, 0.5) is 10.8 Å². The average Bonchev–Trinajstić information content (AvgIpc) is 3.20. The molecule has 0 fully saturated rings. The summed E-state index contributed by atoms with van der Waals surface area (Å²) < 4.78 is 0. The molecule has 0 bridgehead atoms. The molecule has 4 rings (SSSR count). The Morgan fingerprint density at radius 1 is 1.04 bits per heavy atom. The Hall–Kier alpha value is -3.52. The number of hydrogen-bond acceptors (Lipinski definition) is 6. The van der Waals surface area contributed by atoms with Gasteiger partial charge in [0.2, 0.25) is 5.91 Å². The number of carbonyl (C=O) groups excluding carboxylic acids is 3. The van der Waals surface area contributed by atoms with Crippen molar-refractivity contribution >= 4 is 39.9 Å². The van der Waals surface area contributed by atoms with Crippen molar-refractivity contribution in [1.29, 1.82) is 0 Å². The number of nitrogens with one attached hydrogen (secondary N) is 1. The molecule has 0 spiro atoms. The Labute approximate surface area is 158 Å². The molecule has 0 saturated heterocycles. The van der Waals surface area contributed by atoms with Gasteiger partial charge in [-0.15, -0.1) is 11.3 Å². The van der Waals surface area contributed by atoms with Crippen LogP contribution in [0.25, 0.3) is 11.3 Å². The highest BCUT2D eigenvalue weighted by atomic mass is 32.1. The minimum atomic E-state index is -0.456. The first-order valence-electron chi connectivity index (χ1n) is 8.09. The van der Waals surface area contributed by atoms with Gasteiger partial charge in [-0.2, -0.15) is 0 Å². The Kier molecular flexibility index (Phi) is 4.17. The van der Waals surface area contributed by atoms with E-state index >= 15 is 0 Å². The van der Waals surface area contributed by atoms with Gasteiger partial charge < -0.3 is 11.1 Å². The van der Waals surface area contributed by atoms with Crippen molar-refractivity contribution in [2.75, 3.05) is 17.6 Å². The first-order valence-corrected chi connectivity index (χ1v) is 8.97. The predicted octanol–water partition coefficient (Wildman–Crippen LogP) is 2.63. The molecule has 0 aliphatic carbocycles. The summed E-state index contributed by atoms with van der Waals surface area (Å²) in [5.41, 5.74) is 8.48. The lowest BCUT2D eigenvalue weighted by molar-refractivity contribution is -0.116. The molecule has 1 aliphatic heterocycles. The summed E-state index contributed by atoms with van der Waals surface area (Å²) in [6.45, 7) is -0.337. The van der Waals surface area contributed by atoms with Crippen LogP contribution in [-0.4, -0.2) is 34.2 Å². The monoisotopic (exact) mass is 378 g/mol. The van der Waals surface area contributed by atoms with Gasteiger partial charge in [0, 0.05) is 16.6 Å². The molecule has 3 aromatic rings. The lowest BCUT2D eigenvalue weighted by Gasteiger charge is -2.13. The topological polar surface area (TPSA) is 105 Å². The number of rotatable bonds is 4. The van der Waals surface area contributed by atoms with Gasteiger partial charge >= 0.3 is 0 Å². The molecule has 27 heavy (non-hydrogen) atoms. The number of nitrogens with zero attached hydrogens (tertiary/aromatic N) is 2. The molecular weight excluding hydrogens is 364 g/mol. The van der Waals surface area contributed by atoms with Crippen LogP contribution in [0.1, 0.15) is 20.7 Å². The molecule has 8 heteroatoms. The van der Waals surface area contributed by atoms with Crippen molar-refractivity contribution < 1.29 is 14.4 Å². The number of nitrogen functional groups attached to an aromatic ring is 1. The number of fused-ring (bicyclic) bond motifs is 1. The average molecular weight is 378 g/mol. The van der Waals surface area contributed by atoms with E-state index in [1.807, 2.05) is 17.5 Å². The van der Waals surface area contributed by atoms with Gasteiger partial charge in [0.1, 0.15) is 6.54 Å². The van der Waals surface area contributed by atoms with Crippen LogP contribution in [0, 0.1) is 0 Å². The molecule has 3 amide bonds. The molecular formula is C19H14N4O3S. The Balaban J connectivity index is 1.43. The van der Waals surface area contributed by atoms with Crippen LogP contribution in [0.5, 0.6) is 0 Å². The predicted molar refractivity (Wildman–Crippen MR) is 102 cm³/mol. The maximum absolute atomic E-state index is 12.3. The maximum atomic E-state index is 12.3. The zero-order valence-electron chi connectivity index (χ0n) is 14.0. The lowest BCUT2D eigenvalue weighted by Crippen LogP contribution is -2.37. The van der Waals surface area contributed by atoms with Crippen LogP contribution in [-0.2, 0) is 4.79 Å². The van der Waals surface area contributed by atoms with E-state index in [1.165, 1.54) is 11.3 Å². The first kappa shape index (κ1) is 16.9. The third kappa shape index (κ3) is 3.18. The second-order valence-corrected chi connectivity index (χ2v) is 6.83. The normalized spacial score (nSPS) is 13.0. The van der Waals surface area contributed by atoms with Gasteiger partial charge in [-0.1, -0.05) is 24.3 Å². The van der Waals surface area contributed by atoms with Gasteiger partial charge in [-0.3, -0.25) is 19.3 Å². The zero-order chi connectivity index (χ0) is 19.0. The summed E-state index contributed by atoms with van der Waals surface area (Å²) in [7, 11) is 0. The van der Waals surface area contributed by atoms with Crippen molar-refractivity contribution in [3.63, 3.8) is 0 Å². The number of benzene rings is 2. The van der Waals surface area contributed by atoms with E-state index in [2.05, 4.69) is 10.3 Å². The highest BCUT2D eigenvalue weighted by molar-refractivity contribution is 7.13. The third-order valence-corrected chi connectivity index (χ3v) is 4.84. The highest BCUT2D eigenvalue weighted by Gasteiger charge is 2.36. The SMILES string of the molecule is Nc1nc(-c2ccc(NC(=O)CN3C(=O)c4ccccc4C3=O)cc2)cs1. The molecule has 1 aliphatic rings. The molecule has 1 aromatic heterocycles. The number of anilines is 2. The minimum Gasteiger partial charge on any atom is -0.375 e. The molecule has 0 atom stereocenters. The Bertz CT molecular complexity index is 1020. The summed E-state index contributed by atoms with van der Waals surface area (Å²) >= 11 is 1.35. The summed E-state index contributed by atoms with van der Waals surface area (Å²) in [5, 5.41) is 5.03. The van der Waals surface area contributed by atoms with Crippen LogP contribution in [0.2, 0.25) is 0 Å². The molecule has 3 N–H and O–H groups in total. The van der Waals surface area contributed by atoms with Crippen LogP contribution in [0.3, 0.4) is 0 Å². The number of imide groups is 1. The zero-order valence-corrected chi connectivity index (χ0v) is 14.8. The van der Waals surface area contributed by atoms with Crippen molar-refractivity contribution in [2.24, 2.45) is 0 Å². The van der Waals surface area contributed by atoms with E-state index in [9.17, 15) is 14.4 Å². The fourth-order valence-corrected chi connectivity index (χ4v) is 3.44. The Morgan fingerprint density at radius 3 is 2.22 bits per heavy atom. The van der Waals surface area contributed by atoms with Crippen LogP contribution >= 0.6 is 11.3 Å². The van der Waals surface area contributed by atoms with Crippen molar-refractivity contribution in [1.82, 2.24) is 9.88 Å². The molecule has 134 valence electrons. The van der Waals surface area contributed by atoms with Gasteiger partial charge in [0.25, 0.3) is 11.8 Å². The second-order valence-electron chi connectivity index (χ2n) is 5.94. The van der Waals surface area contributed by atoms with Gasteiger partial charge in [0.15, 0.2) is 5.13 Å². The number of nitrogens with two attached hydrogens (primary N) is 1. The van der Waals surface area contributed by atoms with Crippen molar-refractivity contribution in [3.8, 4) is 11.3 Å². The summed E-state index contributed by atoms with van der Waals surface area (Å²) in [4.78, 5) is 42.1. The van der Waals surface area contributed by atoms with Crippen molar-refractivity contribution in [2.45, 2.75) is 0 Å². The van der Waals surface area contributed by atoms with Crippen LogP contribution < -0.4 is 11.1 Å². The molecule has 0 unspecified atom stereocenters. The summed E-state index contributed by atoms with van der Waals surface area (Å²) in [5.74, 6) is -1.36.